The average Bonchev–Trinajstić information content (AvgIpc) is 3.01. The molecule has 6 heteroatoms. The van der Waals surface area contributed by atoms with Crippen molar-refractivity contribution < 1.29 is 9.59 Å². The average molecular weight is 323 g/mol. The van der Waals surface area contributed by atoms with Gasteiger partial charge in [0.15, 0.2) is 0 Å². The van der Waals surface area contributed by atoms with E-state index in [-0.39, 0.29) is 23.5 Å². The van der Waals surface area contributed by atoms with Crippen LogP contribution in [0, 0.1) is 0 Å². The second-order valence-electron chi connectivity index (χ2n) is 6.24. The van der Waals surface area contributed by atoms with Crippen molar-refractivity contribution >= 4 is 17.5 Å². The number of para-hydroxylation sites is 1. The zero-order valence-corrected chi connectivity index (χ0v) is 13.0. The third-order valence-corrected chi connectivity index (χ3v) is 4.64. The first-order valence-corrected chi connectivity index (χ1v) is 8.06. The highest BCUT2D eigenvalue weighted by atomic mass is 16.2. The molecule has 6 nitrogen and oxygen atoms in total. The second-order valence-corrected chi connectivity index (χ2v) is 6.24. The van der Waals surface area contributed by atoms with Gasteiger partial charge in [0.25, 0.3) is 11.5 Å². The van der Waals surface area contributed by atoms with Crippen LogP contribution in [0.4, 0.5) is 5.69 Å². The maximum atomic E-state index is 12.6. The highest BCUT2D eigenvalue weighted by Crippen LogP contribution is 2.30. The number of aromatic nitrogens is 1. The molecule has 0 unspecified atom stereocenters. The zero-order valence-electron chi connectivity index (χ0n) is 13.0. The third-order valence-electron chi connectivity index (χ3n) is 4.64. The van der Waals surface area contributed by atoms with Crippen LogP contribution < -0.4 is 16.2 Å². The molecular weight excluding hydrogens is 306 g/mol. The lowest BCUT2D eigenvalue weighted by atomic mass is 9.97. The van der Waals surface area contributed by atoms with E-state index in [9.17, 15) is 14.4 Å². The van der Waals surface area contributed by atoms with Crippen molar-refractivity contribution in [1.29, 1.82) is 0 Å². The molecule has 1 atom stereocenters. The van der Waals surface area contributed by atoms with E-state index < -0.39 is 11.9 Å². The Bertz CT molecular complexity index is 901. The fraction of sp³-hybridized carbons (Fsp3) is 0.278. The smallest absolute Gasteiger partial charge is 0.261 e. The Labute approximate surface area is 138 Å². The van der Waals surface area contributed by atoms with Crippen LogP contribution in [-0.2, 0) is 17.6 Å². The van der Waals surface area contributed by atoms with Crippen molar-refractivity contribution in [3.63, 3.8) is 0 Å². The number of anilines is 1. The van der Waals surface area contributed by atoms with Gasteiger partial charge >= 0.3 is 0 Å². The Hall–Kier alpha value is -2.89. The summed E-state index contributed by atoms with van der Waals surface area (Å²) in [5, 5.41) is 5.62. The normalized spacial score (nSPS) is 18.5. The predicted octanol–water partition coefficient (Wildman–Crippen LogP) is 1.68. The predicted molar refractivity (Wildman–Crippen MR) is 89.0 cm³/mol. The first-order valence-electron chi connectivity index (χ1n) is 8.06. The third kappa shape index (κ3) is 2.50. The number of rotatable bonds is 2. The van der Waals surface area contributed by atoms with Crippen LogP contribution in [0.5, 0.6) is 0 Å². The lowest BCUT2D eigenvalue weighted by Crippen LogP contribution is -2.37. The van der Waals surface area contributed by atoms with E-state index in [1.54, 1.807) is 12.1 Å². The number of H-pyrrole nitrogens is 1. The van der Waals surface area contributed by atoms with Crippen molar-refractivity contribution in [3.8, 4) is 0 Å². The van der Waals surface area contributed by atoms with Gasteiger partial charge in [0.1, 0.15) is 5.56 Å². The molecule has 1 aromatic carbocycles. The Balaban J connectivity index is 1.63. The first kappa shape index (κ1) is 14.7. The number of hydrogen-bond acceptors (Lipinski definition) is 3. The number of amides is 2. The molecule has 1 aromatic heterocycles. The lowest BCUT2D eigenvalue weighted by Gasteiger charge is -2.26. The Kier molecular flexibility index (Phi) is 3.45. The van der Waals surface area contributed by atoms with Crippen LogP contribution >= 0.6 is 0 Å². The van der Waals surface area contributed by atoms with Crippen LogP contribution in [0.3, 0.4) is 0 Å². The summed E-state index contributed by atoms with van der Waals surface area (Å²) in [7, 11) is 0. The molecule has 0 bridgehead atoms. The number of carbonyl (C=O) groups is 2. The molecule has 2 aliphatic rings. The van der Waals surface area contributed by atoms with Crippen LogP contribution in [0.15, 0.2) is 35.1 Å². The van der Waals surface area contributed by atoms with Gasteiger partial charge in [0.05, 0.1) is 12.5 Å². The summed E-state index contributed by atoms with van der Waals surface area (Å²) in [4.78, 5) is 39.4. The minimum absolute atomic E-state index is 0.110. The molecule has 0 spiro atoms. The number of pyridine rings is 1. The number of nitrogens with one attached hydrogen (secondary N) is 3. The van der Waals surface area contributed by atoms with Crippen molar-refractivity contribution in [2.24, 2.45) is 0 Å². The second kappa shape index (κ2) is 5.63. The van der Waals surface area contributed by atoms with Gasteiger partial charge in [-0.3, -0.25) is 14.4 Å². The van der Waals surface area contributed by atoms with Crippen molar-refractivity contribution in [2.75, 3.05) is 5.32 Å². The lowest BCUT2D eigenvalue weighted by molar-refractivity contribution is -0.116. The van der Waals surface area contributed by atoms with Gasteiger partial charge < -0.3 is 15.6 Å². The van der Waals surface area contributed by atoms with Crippen LogP contribution in [-0.4, -0.2) is 16.8 Å². The largest absolute Gasteiger partial charge is 0.344 e. The summed E-state index contributed by atoms with van der Waals surface area (Å²) in [6.45, 7) is 0. The van der Waals surface area contributed by atoms with Gasteiger partial charge in [0.2, 0.25) is 5.91 Å². The van der Waals surface area contributed by atoms with E-state index >= 15 is 0 Å². The molecule has 2 aromatic rings. The summed E-state index contributed by atoms with van der Waals surface area (Å²) in [5.74, 6) is -0.595. The van der Waals surface area contributed by atoms with Gasteiger partial charge in [-0.1, -0.05) is 18.2 Å². The summed E-state index contributed by atoms with van der Waals surface area (Å²) in [6, 6.07) is 8.60. The maximum absolute atomic E-state index is 12.6. The minimum Gasteiger partial charge on any atom is -0.344 e. The number of benzene rings is 1. The molecule has 0 saturated heterocycles. The number of aromatic amines is 1. The number of hydrogen-bond donors (Lipinski definition) is 3. The molecule has 2 amide bonds. The molecule has 122 valence electrons. The van der Waals surface area contributed by atoms with Gasteiger partial charge in [-0.25, -0.2) is 0 Å². The maximum Gasteiger partial charge on any atom is 0.261 e. The fourth-order valence-corrected chi connectivity index (χ4v) is 3.46. The van der Waals surface area contributed by atoms with Crippen LogP contribution in [0.1, 0.15) is 46.1 Å². The Morgan fingerprint density at radius 2 is 2.00 bits per heavy atom. The SMILES string of the molecule is O=C1C[C@H](NC(=O)c2cc3c([nH]c2=O)CCC3)c2ccccc2N1. The highest BCUT2D eigenvalue weighted by Gasteiger charge is 2.27. The summed E-state index contributed by atoms with van der Waals surface area (Å²) >= 11 is 0. The van der Waals surface area contributed by atoms with E-state index in [2.05, 4.69) is 15.6 Å². The molecular formula is C18H17N3O3. The monoisotopic (exact) mass is 323 g/mol. The van der Waals surface area contributed by atoms with Gasteiger partial charge in [-0.05, 0) is 42.5 Å². The summed E-state index contributed by atoms with van der Waals surface area (Å²) in [6.07, 6.45) is 2.88. The highest BCUT2D eigenvalue weighted by molar-refractivity contribution is 5.98. The van der Waals surface area contributed by atoms with Gasteiger partial charge in [-0.15, -0.1) is 0 Å². The van der Waals surface area contributed by atoms with Gasteiger partial charge in [0, 0.05) is 11.4 Å². The standard InChI is InChI=1S/C18H17N3O3/c22-16-9-15(11-5-1-2-6-14(11)19-16)21-18(24)12-8-10-4-3-7-13(10)20-17(12)23/h1-2,5-6,8,15H,3-4,7,9H2,(H,19,22)(H,20,23)(H,21,24)/t15-/m0/s1. The van der Waals surface area contributed by atoms with E-state index in [1.165, 1.54) is 0 Å². The van der Waals surface area contributed by atoms with E-state index in [1.807, 2.05) is 18.2 Å². The minimum atomic E-state index is -0.444. The molecule has 4 rings (SSSR count). The number of fused-ring (bicyclic) bond motifs is 2. The van der Waals surface area contributed by atoms with Crippen LogP contribution in [0.2, 0.25) is 0 Å². The molecule has 0 radical (unpaired) electrons. The molecule has 0 saturated carbocycles. The van der Waals surface area contributed by atoms with E-state index in [0.717, 1.165) is 36.1 Å². The summed E-state index contributed by atoms with van der Waals surface area (Å²) in [5.41, 5.74) is 3.24. The number of aryl methyl sites for hydroxylation is 2. The van der Waals surface area contributed by atoms with Crippen molar-refractivity contribution in [1.82, 2.24) is 10.3 Å². The van der Waals surface area contributed by atoms with E-state index in [4.69, 9.17) is 0 Å². The summed E-state index contributed by atoms with van der Waals surface area (Å²) < 4.78 is 0. The molecule has 24 heavy (non-hydrogen) atoms. The fourth-order valence-electron chi connectivity index (χ4n) is 3.46. The molecule has 3 N–H and O–H groups in total. The number of carbonyl (C=O) groups excluding carboxylic acids is 2. The van der Waals surface area contributed by atoms with Crippen molar-refractivity contribution in [3.05, 3.63) is 63.1 Å². The van der Waals surface area contributed by atoms with E-state index in [0.29, 0.717) is 5.69 Å². The molecule has 0 fully saturated rings. The Morgan fingerprint density at radius 1 is 1.17 bits per heavy atom. The Morgan fingerprint density at radius 3 is 2.88 bits per heavy atom. The molecule has 2 heterocycles. The first-order chi connectivity index (χ1) is 11.6. The zero-order chi connectivity index (χ0) is 16.7. The van der Waals surface area contributed by atoms with Crippen LogP contribution in [0.25, 0.3) is 0 Å². The topological polar surface area (TPSA) is 91.1 Å². The van der Waals surface area contributed by atoms with Gasteiger partial charge in [-0.2, -0.15) is 0 Å². The molecule has 1 aliphatic carbocycles. The quantitative estimate of drug-likeness (QED) is 0.785. The molecule has 1 aliphatic heterocycles. The van der Waals surface area contributed by atoms with Crippen molar-refractivity contribution in [2.45, 2.75) is 31.7 Å².